The average molecular weight is 362 g/mol. The lowest BCUT2D eigenvalue weighted by molar-refractivity contribution is 0.0400. The highest BCUT2D eigenvalue weighted by molar-refractivity contribution is 5.41. The molecule has 0 saturated carbocycles. The van der Waals surface area contributed by atoms with Crippen molar-refractivity contribution in [2.45, 2.75) is 96.6 Å². The summed E-state index contributed by atoms with van der Waals surface area (Å²) >= 11 is 0. The number of unbranched alkanes of at least 4 members (excludes halogenated alkanes) is 3. The van der Waals surface area contributed by atoms with E-state index in [-0.39, 0.29) is 17.6 Å². The Bertz CT molecular complexity index is 555. The lowest BCUT2D eigenvalue weighted by atomic mass is 9.79. The summed E-state index contributed by atoms with van der Waals surface area (Å²) in [5.41, 5.74) is 2.27. The fraction of sp³-hybridized carbons (Fsp3) is 0.739. The number of phenolic OH excluding ortho intramolecular Hbond substituents is 1. The molecule has 0 amide bonds. The summed E-state index contributed by atoms with van der Waals surface area (Å²) in [4.78, 5) is 2.41. The third-order valence-electron chi connectivity index (χ3n) is 6.02. The molecule has 0 radical (unpaired) electrons. The maximum absolute atomic E-state index is 10.8. The van der Waals surface area contributed by atoms with E-state index in [0.717, 1.165) is 37.9 Å². The predicted octanol–water partition coefficient (Wildman–Crippen LogP) is 5.55. The van der Waals surface area contributed by atoms with Gasteiger partial charge in [-0.2, -0.15) is 0 Å². The highest BCUT2D eigenvalue weighted by atomic mass is 16.3. The van der Waals surface area contributed by atoms with Crippen molar-refractivity contribution in [1.29, 1.82) is 0 Å². The third-order valence-corrected chi connectivity index (χ3v) is 6.02. The molecule has 1 aliphatic heterocycles. The maximum atomic E-state index is 10.8. The van der Waals surface area contributed by atoms with Gasteiger partial charge in [0.2, 0.25) is 0 Å². The van der Waals surface area contributed by atoms with Gasteiger partial charge >= 0.3 is 0 Å². The normalized spacial score (nSPS) is 21.9. The van der Waals surface area contributed by atoms with Gasteiger partial charge in [0.05, 0.1) is 6.10 Å². The van der Waals surface area contributed by atoms with Crippen molar-refractivity contribution in [3.05, 3.63) is 29.3 Å². The smallest absolute Gasteiger partial charge is 0.120 e. The zero-order chi connectivity index (χ0) is 19.2. The number of aliphatic hydroxyl groups is 1. The molecule has 26 heavy (non-hydrogen) atoms. The van der Waals surface area contributed by atoms with Crippen LogP contribution < -0.4 is 0 Å². The minimum Gasteiger partial charge on any atom is -0.508 e. The number of piperidine rings is 1. The lowest BCUT2D eigenvalue weighted by Gasteiger charge is -2.38. The Hall–Kier alpha value is -1.06. The van der Waals surface area contributed by atoms with Crippen LogP contribution in [0, 0.1) is 0 Å². The van der Waals surface area contributed by atoms with Gasteiger partial charge in [-0.05, 0) is 49.3 Å². The lowest BCUT2D eigenvalue weighted by Crippen LogP contribution is -2.39. The van der Waals surface area contributed by atoms with Crippen LogP contribution in [0.2, 0.25) is 0 Å². The van der Waals surface area contributed by atoms with Crippen LogP contribution in [0.4, 0.5) is 0 Å². The second-order valence-electron chi connectivity index (χ2n) is 8.70. The predicted molar refractivity (Wildman–Crippen MR) is 110 cm³/mol. The Kier molecular flexibility index (Phi) is 7.97. The molecule has 1 saturated heterocycles. The molecule has 1 aliphatic rings. The zero-order valence-electron chi connectivity index (χ0n) is 17.3. The molecule has 1 aromatic carbocycles. The highest BCUT2D eigenvalue weighted by Crippen LogP contribution is 2.39. The van der Waals surface area contributed by atoms with Crippen molar-refractivity contribution in [2.24, 2.45) is 0 Å². The number of hydrogen-bond donors (Lipinski definition) is 2. The maximum Gasteiger partial charge on any atom is 0.120 e. The Morgan fingerprint density at radius 1 is 1.12 bits per heavy atom. The van der Waals surface area contributed by atoms with Crippen molar-refractivity contribution in [3.8, 4) is 5.75 Å². The fourth-order valence-electron chi connectivity index (χ4n) is 4.26. The van der Waals surface area contributed by atoms with Crippen molar-refractivity contribution in [2.75, 3.05) is 13.1 Å². The van der Waals surface area contributed by atoms with Crippen molar-refractivity contribution in [1.82, 2.24) is 4.90 Å². The van der Waals surface area contributed by atoms with Crippen LogP contribution >= 0.6 is 0 Å². The van der Waals surface area contributed by atoms with E-state index in [4.69, 9.17) is 0 Å². The Morgan fingerprint density at radius 3 is 2.54 bits per heavy atom. The van der Waals surface area contributed by atoms with Crippen LogP contribution in [-0.4, -0.2) is 34.3 Å². The van der Waals surface area contributed by atoms with Crippen molar-refractivity contribution >= 4 is 0 Å². The van der Waals surface area contributed by atoms with Gasteiger partial charge in [-0.15, -0.1) is 0 Å². The minimum absolute atomic E-state index is 0.0823. The Morgan fingerprint density at radius 2 is 1.88 bits per heavy atom. The summed E-state index contributed by atoms with van der Waals surface area (Å²) in [6.45, 7) is 10.9. The summed E-state index contributed by atoms with van der Waals surface area (Å²) in [7, 11) is 0. The van der Waals surface area contributed by atoms with E-state index in [1.54, 1.807) is 0 Å². The van der Waals surface area contributed by atoms with Crippen molar-refractivity contribution in [3.63, 3.8) is 0 Å². The first kappa shape index (κ1) is 21.2. The molecule has 1 fully saturated rings. The molecule has 0 aliphatic carbocycles. The van der Waals surface area contributed by atoms with Crippen LogP contribution in [0.3, 0.4) is 0 Å². The highest BCUT2D eigenvalue weighted by Gasteiger charge is 2.30. The van der Waals surface area contributed by atoms with Gasteiger partial charge < -0.3 is 10.2 Å². The van der Waals surface area contributed by atoms with E-state index in [0.29, 0.717) is 12.2 Å². The largest absolute Gasteiger partial charge is 0.508 e. The van der Waals surface area contributed by atoms with Gasteiger partial charge in [-0.3, -0.25) is 4.90 Å². The number of aromatic hydroxyl groups is 1. The molecule has 3 nitrogen and oxygen atoms in total. The number of benzene rings is 1. The van der Waals surface area contributed by atoms with Crippen LogP contribution in [-0.2, 0) is 5.41 Å². The first-order valence-corrected chi connectivity index (χ1v) is 10.6. The number of phenols is 1. The number of nitrogens with zero attached hydrogens (tertiary/aromatic N) is 1. The molecule has 0 unspecified atom stereocenters. The van der Waals surface area contributed by atoms with E-state index in [1.807, 2.05) is 6.07 Å². The Labute approximate surface area is 160 Å². The van der Waals surface area contributed by atoms with Gasteiger partial charge in [0.1, 0.15) is 5.75 Å². The van der Waals surface area contributed by atoms with E-state index >= 15 is 0 Å². The van der Waals surface area contributed by atoms with Gasteiger partial charge in [0.15, 0.2) is 0 Å². The molecule has 2 N–H and O–H groups in total. The number of hydrogen-bond acceptors (Lipinski definition) is 3. The average Bonchev–Trinajstić information content (AvgIpc) is 2.60. The molecular formula is C23H39NO2. The summed E-state index contributed by atoms with van der Waals surface area (Å²) < 4.78 is 0. The Balaban J connectivity index is 2.14. The first-order valence-electron chi connectivity index (χ1n) is 10.6. The van der Waals surface area contributed by atoms with E-state index < -0.39 is 0 Å². The minimum atomic E-state index is -0.262. The SMILES string of the molecule is CCCCCCC(C)(C)c1ccc([C@@H]2C[C@H](O)CCN2CCC)c(O)c1. The molecule has 2 atom stereocenters. The molecule has 1 heterocycles. The van der Waals surface area contributed by atoms with Crippen LogP contribution in [0.15, 0.2) is 18.2 Å². The van der Waals surface area contributed by atoms with Gasteiger partial charge in [-0.1, -0.05) is 65.5 Å². The summed E-state index contributed by atoms with van der Waals surface area (Å²) in [5.74, 6) is 0.393. The van der Waals surface area contributed by atoms with Crippen LogP contribution in [0.25, 0.3) is 0 Å². The first-order chi connectivity index (χ1) is 12.4. The molecule has 0 bridgehead atoms. The van der Waals surface area contributed by atoms with Crippen LogP contribution in [0.5, 0.6) is 5.75 Å². The standard InChI is InChI=1S/C23H39NO2/c1-5-7-8-9-13-23(3,4)18-10-11-20(22(26)16-18)21-17-19(25)12-15-24(21)14-6-2/h10-11,16,19,21,25-26H,5-9,12-15,17H2,1-4H3/t19-,21+/m1/s1. The molecule has 0 spiro atoms. The summed E-state index contributed by atoms with van der Waals surface area (Å²) in [6, 6.07) is 6.39. The van der Waals surface area contributed by atoms with Crippen LogP contribution in [0.1, 0.15) is 96.2 Å². The van der Waals surface area contributed by atoms with E-state index in [9.17, 15) is 10.2 Å². The number of likely N-dealkylation sites (tertiary alicyclic amines) is 1. The molecule has 3 heteroatoms. The topological polar surface area (TPSA) is 43.7 Å². The van der Waals surface area contributed by atoms with Crippen molar-refractivity contribution < 1.29 is 10.2 Å². The quantitative estimate of drug-likeness (QED) is 0.567. The second-order valence-corrected chi connectivity index (χ2v) is 8.70. The molecule has 148 valence electrons. The summed E-state index contributed by atoms with van der Waals surface area (Å²) in [5, 5.41) is 20.9. The number of rotatable bonds is 9. The molecule has 1 aromatic rings. The third kappa shape index (κ3) is 5.47. The van der Waals surface area contributed by atoms with E-state index in [1.165, 1.54) is 31.2 Å². The summed E-state index contributed by atoms with van der Waals surface area (Å²) in [6.07, 6.45) is 8.62. The number of aliphatic hydroxyl groups excluding tert-OH is 1. The van der Waals surface area contributed by atoms with Gasteiger partial charge in [0, 0.05) is 18.2 Å². The second kappa shape index (κ2) is 9.75. The fourth-order valence-corrected chi connectivity index (χ4v) is 4.26. The van der Waals surface area contributed by atoms with E-state index in [2.05, 4.69) is 44.7 Å². The monoisotopic (exact) mass is 361 g/mol. The molecule has 2 rings (SSSR count). The molecule has 0 aromatic heterocycles. The van der Waals surface area contributed by atoms with Gasteiger partial charge in [-0.25, -0.2) is 0 Å². The molecular weight excluding hydrogens is 322 g/mol. The zero-order valence-corrected chi connectivity index (χ0v) is 17.3. The van der Waals surface area contributed by atoms with Gasteiger partial charge in [0.25, 0.3) is 0 Å².